The monoisotopic (exact) mass is 470 g/mol. The predicted octanol–water partition coefficient (Wildman–Crippen LogP) is 4.09. The number of nitrogens with zero attached hydrogens (tertiary/aromatic N) is 6. The summed E-state index contributed by atoms with van der Waals surface area (Å²) in [7, 11) is 3.47. The van der Waals surface area contributed by atoms with Crippen molar-refractivity contribution in [2.75, 3.05) is 20.2 Å². The van der Waals surface area contributed by atoms with E-state index in [-0.39, 0.29) is 11.8 Å². The number of hydrogen-bond acceptors (Lipinski definition) is 7. The van der Waals surface area contributed by atoms with Gasteiger partial charge in [0.2, 0.25) is 5.88 Å². The van der Waals surface area contributed by atoms with E-state index in [4.69, 9.17) is 9.47 Å². The molecule has 178 valence electrons. The summed E-state index contributed by atoms with van der Waals surface area (Å²) in [6, 6.07) is 12.9. The number of carbonyl (C=O) groups excluding carboxylic acids is 1. The highest BCUT2D eigenvalue weighted by Crippen LogP contribution is 2.34. The lowest BCUT2D eigenvalue weighted by Gasteiger charge is -2.31. The number of carbonyl (C=O) groups is 1. The molecule has 1 aromatic carbocycles. The predicted molar refractivity (Wildman–Crippen MR) is 129 cm³/mol. The molecule has 3 aromatic heterocycles. The van der Waals surface area contributed by atoms with E-state index >= 15 is 0 Å². The number of aromatic nitrogens is 5. The van der Waals surface area contributed by atoms with Crippen molar-refractivity contribution in [2.24, 2.45) is 7.05 Å². The maximum Gasteiger partial charge on any atom is 0.272 e. The van der Waals surface area contributed by atoms with Crippen LogP contribution in [0.25, 0.3) is 11.3 Å². The van der Waals surface area contributed by atoms with Gasteiger partial charge in [0.1, 0.15) is 22.9 Å². The number of hydrogen-bond donors (Lipinski definition) is 0. The summed E-state index contributed by atoms with van der Waals surface area (Å²) in [6.45, 7) is 1.22. The first-order chi connectivity index (χ1) is 17.1. The SMILES string of the molecule is COc1cccc(Oc2nccnc2C2CCN(C(=O)c3cccc(-c4cnn(C)c4)n3)CC2)c1. The number of ether oxygens (including phenoxy) is 2. The zero-order chi connectivity index (χ0) is 24.2. The van der Waals surface area contributed by atoms with Crippen molar-refractivity contribution in [3.05, 3.63) is 78.6 Å². The van der Waals surface area contributed by atoms with Crippen LogP contribution in [0.15, 0.2) is 67.3 Å². The van der Waals surface area contributed by atoms with Crippen molar-refractivity contribution in [3.8, 4) is 28.6 Å². The summed E-state index contributed by atoms with van der Waals surface area (Å²) in [6.07, 6.45) is 8.46. The summed E-state index contributed by atoms with van der Waals surface area (Å²) >= 11 is 0. The number of pyridine rings is 1. The Kier molecular flexibility index (Phi) is 6.38. The van der Waals surface area contributed by atoms with Gasteiger partial charge in [0, 0.05) is 56.3 Å². The highest BCUT2D eigenvalue weighted by atomic mass is 16.5. The molecule has 9 nitrogen and oxygen atoms in total. The smallest absolute Gasteiger partial charge is 0.272 e. The Balaban J connectivity index is 1.27. The van der Waals surface area contributed by atoms with E-state index in [0.717, 1.165) is 29.8 Å². The molecule has 1 fully saturated rings. The number of benzene rings is 1. The molecule has 0 radical (unpaired) electrons. The number of methoxy groups -OCH3 is 1. The fourth-order valence-corrected chi connectivity index (χ4v) is 4.26. The molecular weight excluding hydrogens is 444 g/mol. The minimum atomic E-state index is -0.0683. The topological polar surface area (TPSA) is 95.3 Å². The second kappa shape index (κ2) is 9.92. The molecule has 0 aliphatic carbocycles. The molecule has 1 aliphatic rings. The number of piperidine rings is 1. The molecule has 0 unspecified atom stereocenters. The van der Waals surface area contributed by atoms with Crippen molar-refractivity contribution in [3.63, 3.8) is 0 Å². The first-order valence-corrected chi connectivity index (χ1v) is 11.5. The fraction of sp³-hybridized carbons (Fsp3) is 0.269. The van der Waals surface area contributed by atoms with Crippen molar-refractivity contribution < 1.29 is 14.3 Å². The zero-order valence-corrected chi connectivity index (χ0v) is 19.7. The van der Waals surface area contributed by atoms with Gasteiger partial charge in [-0.05, 0) is 37.1 Å². The third-order valence-corrected chi connectivity index (χ3v) is 6.08. The minimum Gasteiger partial charge on any atom is -0.497 e. The van der Waals surface area contributed by atoms with Crippen LogP contribution in [-0.2, 0) is 7.05 Å². The van der Waals surface area contributed by atoms with Gasteiger partial charge in [-0.2, -0.15) is 5.10 Å². The van der Waals surface area contributed by atoms with Gasteiger partial charge in [-0.15, -0.1) is 0 Å². The van der Waals surface area contributed by atoms with Crippen molar-refractivity contribution >= 4 is 5.91 Å². The van der Waals surface area contributed by atoms with Gasteiger partial charge in [-0.25, -0.2) is 9.97 Å². The van der Waals surface area contributed by atoms with E-state index in [1.54, 1.807) is 36.4 Å². The van der Waals surface area contributed by atoms with Crippen LogP contribution in [0, 0.1) is 0 Å². The van der Waals surface area contributed by atoms with Crippen LogP contribution in [0.1, 0.15) is 34.9 Å². The van der Waals surface area contributed by atoms with Gasteiger partial charge in [0.15, 0.2) is 0 Å². The van der Waals surface area contributed by atoms with Crippen molar-refractivity contribution in [2.45, 2.75) is 18.8 Å². The Morgan fingerprint density at radius 3 is 2.57 bits per heavy atom. The third-order valence-electron chi connectivity index (χ3n) is 6.08. The van der Waals surface area contributed by atoms with Crippen LogP contribution in [-0.4, -0.2) is 55.7 Å². The first kappa shape index (κ1) is 22.5. The molecule has 1 saturated heterocycles. The molecular formula is C26H26N6O3. The highest BCUT2D eigenvalue weighted by Gasteiger charge is 2.28. The van der Waals surface area contributed by atoms with E-state index < -0.39 is 0 Å². The average Bonchev–Trinajstić information content (AvgIpc) is 3.35. The normalized spacial score (nSPS) is 14.1. The third kappa shape index (κ3) is 4.98. The largest absolute Gasteiger partial charge is 0.497 e. The number of rotatable bonds is 6. The molecule has 9 heteroatoms. The number of aryl methyl sites for hydroxylation is 1. The molecule has 0 spiro atoms. The molecule has 35 heavy (non-hydrogen) atoms. The van der Waals surface area contributed by atoms with Gasteiger partial charge in [0.05, 0.1) is 19.0 Å². The molecule has 5 rings (SSSR count). The van der Waals surface area contributed by atoms with Gasteiger partial charge in [0.25, 0.3) is 5.91 Å². The van der Waals surface area contributed by atoms with Gasteiger partial charge >= 0.3 is 0 Å². The summed E-state index contributed by atoms with van der Waals surface area (Å²) in [5.74, 6) is 1.90. The number of likely N-dealkylation sites (tertiary alicyclic amines) is 1. The molecule has 0 N–H and O–H groups in total. The fourth-order valence-electron chi connectivity index (χ4n) is 4.26. The van der Waals surface area contributed by atoms with Crippen LogP contribution in [0.2, 0.25) is 0 Å². The standard InChI is InChI=1S/C26H26N6O3/c1-31-17-19(16-29-31)22-7-4-8-23(30-22)26(33)32-13-9-18(10-14-32)24-25(28-12-11-27-24)35-21-6-3-5-20(15-21)34-2/h3-8,11-12,15-18H,9-10,13-14H2,1-2H3. The summed E-state index contributed by atoms with van der Waals surface area (Å²) in [5, 5.41) is 4.19. The molecule has 4 aromatic rings. The molecule has 0 atom stereocenters. The Morgan fingerprint density at radius 1 is 1.03 bits per heavy atom. The molecule has 0 saturated carbocycles. The van der Waals surface area contributed by atoms with Crippen LogP contribution in [0.3, 0.4) is 0 Å². The quantitative estimate of drug-likeness (QED) is 0.419. The van der Waals surface area contributed by atoms with Crippen molar-refractivity contribution in [1.82, 2.24) is 29.6 Å². The molecule has 4 heterocycles. The van der Waals surface area contributed by atoms with E-state index in [0.29, 0.717) is 36.2 Å². The Labute approximate surface area is 203 Å². The number of amides is 1. The minimum absolute atomic E-state index is 0.0683. The Morgan fingerprint density at radius 2 is 1.80 bits per heavy atom. The summed E-state index contributed by atoms with van der Waals surface area (Å²) in [4.78, 5) is 28.6. The average molecular weight is 471 g/mol. The maximum atomic E-state index is 13.2. The Hall–Kier alpha value is -4.27. The first-order valence-electron chi connectivity index (χ1n) is 11.5. The molecule has 1 amide bonds. The lowest BCUT2D eigenvalue weighted by Crippen LogP contribution is -2.38. The second-order valence-corrected chi connectivity index (χ2v) is 8.41. The van der Waals surface area contributed by atoms with Crippen LogP contribution < -0.4 is 9.47 Å². The Bertz CT molecular complexity index is 1330. The lowest BCUT2D eigenvalue weighted by molar-refractivity contribution is 0.0706. The second-order valence-electron chi connectivity index (χ2n) is 8.41. The van der Waals surface area contributed by atoms with E-state index in [9.17, 15) is 4.79 Å². The summed E-state index contributed by atoms with van der Waals surface area (Å²) in [5.41, 5.74) is 2.86. The molecule has 0 bridgehead atoms. The highest BCUT2D eigenvalue weighted by molar-refractivity contribution is 5.93. The lowest BCUT2D eigenvalue weighted by atomic mass is 9.93. The van der Waals surface area contributed by atoms with Crippen LogP contribution >= 0.6 is 0 Å². The van der Waals surface area contributed by atoms with Crippen LogP contribution in [0.5, 0.6) is 17.4 Å². The van der Waals surface area contributed by atoms with Gasteiger partial charge < -0.3 is 14.4 Å². The zero-order valence-electron chi connectivity index (χ0n) is 19.7. The van der Waals surface area contributed by atoms with Gasteiger partial charge in [-0.3, -0.25) is 14.5 Å². The van der Waals surface area contributed by atoms with E-state index in [1.807, 2.05) is 54.5 Å². The molecule has 1 aliphatic heterocycles. The van der Waals surface area contributed by atoms with Gasteiger partial charge in [-0.1, -0.05) is 12.1 Å². The maximum absolute atomic E-state index is 13.2. The summed E-state index contributed by atoms with van der Waals surface area (Å²) < 4.78 is 13.1. The van der Waals surface area contributed by atoms with Crippen LogP contribution in [0.4, 0.5) is 0 Å². The van der Waals surface area contributed by atoms with E-state index in [1.165, 1.54) is 0 Å². The van der Waals surface area contributed by atoms with E-state index in [2.05, 4.69) is 20.1 Å². The van der Waals surface area contributed by atoms with Crippen molar-refractivity contribution in [1.29, 1.82) is 0 Å².